The van der Waals surface area contributed by atoms with Crippen molar-refractivity contribution in [2.45, 2.75) is 200 Å². The average molecular weight is 799 g/mol. The van der Waals surface area contributed by atoms with Crippen LogP contribution in [-0.2, 0) is 28.2 Å². The van der Waals surface area contributed by atoms with Gasteiger partial charge in [-0.25, -0.2) is 4.57 Å². The van der Waals surface area contributed by atoms with Gasteiger partial charge in [-0.15, -0.1) is 0 Å². The summed E-state index contributed by atoms with van der Waals surface area (Å²) >= 11 is 0. The fraction of sp³-hybridized carbons (Fsp3) is 0.773. The number of phosphoric acid groups is 1. The van der Waals surface area contributed by atoms with Gasteiger partial charge in [-0.1, -0.05) is 179 Å². The number of carbonyl (C=O) groups excluding carboxylic acids is 2. The Hall–Kier alpha value is -2.07. The Morgan fingerprint density at radius 2 is 1.16 bits per heavy atom. The number of aliphatic hydroxyl groups is 2. The van der Waals surface area contributed by atoms with Gasteiger partial charge >= 0.3 is 19.8 Å². The zero-order valence-corrected chi connectivity index (χ0v) is 35.6. The van der Waals surface area contributed by atoms with Crippen LogP contribution in [0.15, 0.2) is 48.6 Å². The molecule has 1 unspecified atom stereocenters. The number of hydrogen-bond acceptors (Lipinski definition) is 8. The molecule has 0 aromatic rings. The molecular formula is C44H79O10P. The lowest BCUT2D eigenvalue weighted by Gasteiger charge is -2.18. The fourth-order valence-electron chi connectivity index (χ4n) is 5.90. The molecule has 0 amide bonds. The quantitative estimate of drug-likeness (QED) is 0.0156. The van der Waals surface area contributed by atoms with Crippen LogP contribution in [0.1, 0.15) is 181 Å². The summed E-state index contributed by atoms with van der Waals surface area (Å²) in [6, 6.07) is 0. The summed E-state index contributed by atoms with van der Waals surface area (Å²) in [6.07, 6.45) is 37.4. The number of hydrogen-bond donors (Lipinski definition) is 4. The smallest absolute Gasteiger partial charge is 0.462 e. The van der Waals surface area contributed by atoms with Crippen molar-refractivity contribution in [3.63, 3.8) is 0 Å². The van der Waals surface area contributed by atoms with E-state index in [1.807, 2.05) is 6.08 Å². The predicted molar refractivity (Wildman–Crippen MR) is 223 cm³/mol. The number of carbonyl (C=O) groups is 2. The first kappa shape index (κ1) is 52.9. The van der Waals surface area contributed by atoms with Crippen molar-refractivity contribution in [1.29, 1.82) is 0 Å². The van der Waals surface area contributed by atoms with Gasteiger partial charge in [-0.2, -0.15) is 0 Å². The molecule has 0 aliphatic heterocycles. The second-order valence-electron chi connectivity index (χ2n) is 15.0. The van der Waals surface area contributed by atoms with E-state index in [1.54, 1.807) is 36.5 Å². The minimum atomic E-state index is -4.82. The lowest BCUT2D eigenvalue weighted by molar-refractivity contribution is -0.161. The van der Waals surface area contributed by atoms with Crippen LogP contribution in [0.25, 0.3) is 0 Å². The third-order valence-electron chi connectivity index (χ3n) is 9.58. The summed E-state index contributed by atoms with van der Waals surface area (Å²) < 4.78 is 26.2. The van der Waals surface area contributed by atoms with E-state index in [-0.39, 0.29) is 25.9 Å². The van der Waals surface area contributed by atoms with Crippen LogP contribution in [0.2, 0.25) is 0 Å². The van der Waals surface area contributed by atoms with E-state index in [2.05, 4.69) is 31.4 Å². The molecule has 0 aliphatic carbocycles. The Labute approximate surface area is 334 Å². The van der Waals surface area contributed by atoms with Crippen molar-refractivity contribution < 1.29 is 48.2 Å². The number of rotatable bonds is 38. The van der Waals surface area contributed by atoms with E-state index < -0.39 is 44.7 Å². The standard InChI is InChI=1S/C44H79O10P/c1-4-6-7-8-20-25-31-40(45)32-26-22-23-27-33-41(46)34-29-36-44(48)54-42(38-53-55(49,50)51)37-52-43(47)35-28-21-18-16-14-12-10-9-11-13-15-17-19-24-30-39(3)5-2/h20,22-23,25-27,32-33,39-42,45-46H,4-19,21,24,28-31,34-38H2,1-3H3,(H2,49,50,51)/b23-22+,25-20-,32-26+,33-27-/t39?,40-,41-,42+/m0/s1. The SMILES string of the molecule is CCCCC/C=C\C[C@H](O)/C=C/C=C/C=C\[C@H](O)CCCC(=O)O[C@H](COC(=O)CCCCCCCCCCCCCCCCC(C)CC)COP(=O)(O)O. The topological polar surface area (TPSA) is 160 Å². The predicted octanol–water partition coefficient (Wildman–Crippen LogP) is 10.9. The summed E-state index contributed by atoms with van der Waals surface area (Å²) in [5.74, 6) is -0.252. The van der Waals surface area contributed by atoms with Crippen LogP contribution in [-0.4, -0.2) is 63.5 Å². The molecule has 0 saturated carbocycles. The monoisotopic (exact) mass is 799 g/mol. The van der Waals surface area contributed by atoms with Gasteiger partial charge in [0.1, 0.15) is 6.61 Å². The second kappa shape index (κ2) is 37.5. The molecule has 10 nitrogen and oxygen atoms in total. The Balaban J connectivity index is 4.15. The first-order chi connectivity index (χ1) is 26.5. The molecular weight excluding hydrogens is 719 g/mol. The van der Waals surface area contributed by atoms with Crippen LogP contribution in [0.3, 0.4) is 0 Å². The van der Waals surface area contributed by atoms with Crippen LogP contribution < -0.4 is 0 Å². The highest BCUT2D eigenvalue weighted by Crippen LogP contribution is 2.36. The van der Waals surface area contributed by atoms with E-state index in [1.165, 1.54) is 96.3 Å². The van der Waals surface area contributed by atoms with Crippen molar-refractivity contribution >= 4 is 19.8 Å². The largest absolute Gasteiger partial charge is 0.469 e. The Kier molecular flexibility index (Phi) is 36.1. The number of ether oxygens (including phenoxy) is 2. The number of unbranched alkanes of at least 4 members (excludes halogenated alkanes) is 16. The van der Waals surface area contributed by atoms with Crippen LogP contribution in [0.4, 0.5) is 0 Å². The highest BCUT2D eigenvalue weighted by atomic mass is 31.2. The molecule has 0 radical (unpaired) electrons. The van der Waals surface area contributed by atoms with E-state index >= 15 is 0 Å². The van der Waals surface area contributed by atoms with Gasteiger partial charge in [0.05, 0.1) is 18.8 Å². The molecule has 0 aromatic heterocycles. The molecule has 0 fully saturated rings. The van der Waals surface area contributed by atoms with Gasteiger partial charge in [0.25, 0.3) is 0 Å². The number of allylic oxidation sites excluding steroid dienone is 5. The molecule has 55 heavy (non-hydrogen) atoms. The van der Waals surface area contributed by atoms with Crippen molar-refractivity contribution in [2.24, 2.45) is 5.92 Å². The highest BCUT2D eigenvalue weighted by Gasteiger charge is 2.23. The highest BCUT2D eigenvalue weighted by molar-refractivity contribution is 7.46. The van der Waals surface area contributed by atoms with Gasteiger partial charge in [-0.05, 0) is 44.4 Å². The maximum Gasteiger partial charge on any atom is 0.469 e. The second-order valence-corrected chi connectivity index (χ2v) is 16.2. The first-order valence-corrected chi connectivity index (χ1v) is 23.1. The van der Waals surface area contributed by atoms with Crippen molar-refractivity contribution in [3.05, 3.63) is 48.6 Å². The molecule has 0 heterocycles. The van der Waals surface area contributed by atoms with Crippen molar-refractivity contribution in [1.82, 2.24) is 0 Å². The first-order valence-electron chi connectivity index (χ1n) is 21.5. The Bertz CT molecular complexity index is 1080. The zero-order valence-electron chi connectivity index (χ0n) is 34.7. The van der Waals surface area contributed by atoms with E-state index in [0.717, 1.165) is 31.6 Å². The van der Waals surface area contributed by atoms with Gasteiger partial charge in [0.15, 0.2) is 6.10 Å². The minimum absolute atomic E-state index is 0.0481. The fourth-order valence-corrected chi connectivity index (χ4v) is 6.26. The van der Waals surface area contributed by atoms with Crippen LogP contribution in [0, 0.1) is 5.92 Å². The molecule has 4 atom stereocenters. The Morgan fingerprint density at radius 1 is 0.618 bits per heavy atom. The summed E-state index contributed by atoms with van der Waals surface area (Å²) in [6.45, 7) is 5.79. The normalized spacial score (nSPS) is 14.7. The third-order valence-corrected chi connectivity index (χ3v) is 10.1. The summed E-state index contributed by atoms with van der Waals surface area (Å²) in [5.41, 5.74) is 0. The summed E-state index contributed by atoms with van der Waals surface area (Å²) in [4.78, 5) is 42.9. The van der Waals surface area contributed by atoms with Crippen LogP contribution >= 0.6 is 7.82 Å². The van der Waals surface area contributed by atoms with Gasteiger partial charge in [0.2, 0.25) is 0 Å². The Morgan fingerprint density at radius 3 is 1.73 bits per heavy atom. The summed E-state index contributed by atoms with van der Waals surface area (Å²) in [5, 5.41) is 20.2. The molecule has 0 bridgehead atoms. The van der Waals surface area contributed by atoms with E-state index in [4.69, 9.17) is 19.3 Å². The van der Waals surface area contributed by atoms with Crippen molar-refractivity contribution in [3.8, 4) is 0 Å². The minimum Gasteiger partial charge on any atom is -0.462 e. The third kappa shape index (κ3) is 39.9. The van der Waals surface area contributed by atoms with Crippen LogP contribution in [0.5, 0.6) is 0 Å². The zero-order chi connectivity index (χ0) is 40.8. The molecule has 0 aromatic carbocycles. The molecule has 0 saturated heterocycles. The molecule has 320 valence electrons. The maximum atomic E-state index is 12.4. The molecule has 0 spiro atoms. The number of phosphoric ester groups is 1. The molecule has 0 aliphatic rings. The van der Waals surface area contributed by atoms with E-state index in [0.29, 0.717) is 19.3 Å². The average Bonchev–Trinajstić information content (AvgIpc) is 3.14. The van der Waals surface area contributed by atoms with Gasteiger partial charge in [0, 0.05) is 12.8 Å². The lowest BCUT2D eigenvalue weighted by Crippen LogP contribution is -2.29. The summed E-state index contributed by atoms with van der Waals surface area (Å²) in [7, 11) is -4.82. The molecule has 4 N–H and O–H groups in total. The number of aliphatic hydroxyl groups excluding tert-OH is 2. The van der Waals surface area contributed by atoms with Gasteiger partial charge in [-0.3, -0.25) is 14.1 Å². The molecule has 11 heteroatoms. The van der Waals surface area contributed by atoms with Gasteiger partial charge < -0.3 is 29.5 Å². The maximum absolute atomic E-state index is 12.4. The van der Waals surface area contributed by atoms with Crippen molar-refractivity contribution in [2.75, 3.05) is 13.2 Å². The number of esters is 2. The lowest BCUT2D eigenvalue weighted by atomic mass is 9.99. The van der Waals surface area contributed by atoms with E-state index in [9.17, 15) is 24.4 Å². The molecule has 0 rings (SSSR count).